The number of benzene rings is 2. The monoisotopic (exact) mass is 227 g/mol. The number of para-hydroxylation sites is 2. The van der Waals surface area contributed by atoms with Gasteiger partial charge in [0, 0.05) is 0 Å². The molecule has 0 saturated heterocycles. The number of hydrogen-bond acceptors (Lipinski definition) is 2. The molecule has 2 aromatic rings. The molecule has 2 aromatic carbocycles. The number of nitrogen functional groups attached to an aromatic ring is 1. The van der Waals surface area contributed by atoms with Gasteiger partial charge in [-0.1, -0.05) is 43.7 Å². The van der Waals surface area contributed by atoms with E-state index in [2.05, 4.69) is 13.0 Å². The van der Waals surface area contributed by atoms with E-state index in [1.165, 1.54) is 0 Å². The fraction of sp³-hybridized carbons (Fsp3) is 0.200. The van der Waals surface area contributed by atoms with Crippen LogP contribution in [0.5, 0.6) is 11.5 Å². The molecule has 2 nitrogen and oxygen atoms in total. The van der Waals surface area contributed by atoms with Crippen LogP contribution >= 0.6 is 0 Å². The van der Waals surface area contributed by atoms with Gasteiger partial charge in [0.1, 0.15) is 5.75 Å². The molecule has 88 valence electrons. The summed E-state index contributed by atoms with van der Waals surface area (Å²) in [6, 6.07) is 15.6. The van der Waals surface area contributed by atoms with E-state index < -0.39 is 0 Å². The van der Waals surface area contributed by atoms with Crippen LogP contribution in [0.25, 0.3) is 0 Å². The van der Waals surface area contributed by atoms with Crippen molar-refractivity contribution in [1.29, 1.82) is 0 Å². The van der Waals surface area contributed by atoms with E-state index in [-0.39, 0.29) is 0 Å². The zero-order valence-corrected chi connectivity index (χ0v) is 10.0. The van der Waals surface area contributed by atoms with Gasteiger partial charge in [-0.05, 0) is 30.2 Å². The lowest BCUT2D eigenvalue weighted by Crippen LogP contribution is -1.97. The van der Waals surface area contributed by atoms with Crippen LogP contribution in [0, 0.1) is 0 Å². The van der Waals surface area contributed by atoms with Gasteiger partial charge in [-0.3, -0.25) is 0 Å². The third-order valence-corrected chi connectivity index (χ3v) is 2.61. The smallest absolute Gasteiger partial charge is 0.153 e. The average Bonchev–Trinajstić information content (AvgIpc) is 2.35. The maximum absolute atomic E-state index is 5.97. The minimum absolute atomic E-state index is 0.694. The molecule has 0 aromatic heterocycles. The first-order chi connectivity index (χ1) is 8.31. The van der Waals surface area contributed by atoms with Gasteiger partial charge in [0.25, 0.3) is 0 Å². The molecule has 0 aliphatic rings. The summed E-state index contributed by atoms with van der Waals surface area (Å²) in [5.41, 5.74) is 7.83. The molecule has 2 heteroatoms. The normalized spacial score (nSPS) is 10.2. The third-order valence-electron chi connectivity index (χ3n) is 2.61. The largest absolute Gasteiger partial charge is 0.455 e. The second-order valence-corrected chi connectivity index (χ2v) is 4.00. The zero-order valence-electron chi connectivity index (χ0n) is 10.0. The Balaban J connectivity index is 2.31. The van der Waals surface area contributed by atoms with Gasteiger partial charge in [-0.25, -0.2) is 0 Å². The predicted octanol–water partition coefficient (Wildman–Crippen LogP) is 4.01. The van der Waals surface area contributed by atoms with Gasteiger partial charge in [0.05, 0.1) is 5.69 Å². The van der Waals surface area contributed by atoms with Crippen LogP contribution in [0.1, 0.15) is 18.9 Å². The SMILES string of the molecule is CCCc1cccc(N)c1Oc1ccccc1. The van der Waals surface area contributed by atoms with E-state index in [1.54, 1.807) is 0 Å². The first kappa shape index (κ1) is 11.5. The summed E-state index contributed by atoms with van der Waals surface area (Å²) in [6.07, 6.45) is 2.06. The quantitative estimate of drug-likeness (QED) is 0.801. The van der Waals surface area contributed by atoms with E-state index in [9.17, 15) is 0 Å². The lowest BCUT2D eigenvalue weighted by Gasteiger charge is -2.12. The second kappa shape index (κ2) is 5.39. The summed E-state index contributed by atoms with van der Waals surface area (Å²) in [5, 5.41) is 0. The first-order valence-electron chi connectivity index (χ1n) is 5.91. The Kier molecular flexibility index (Phi) is 3.66. The number of nitrogens with two attached hydrogens (primary N) is 1. The molecule has 0 spiro atoms. The molecule has 0 fully saturated rings. The van der Waals surface area contributed by atoms with Crippen LogP contribution in [-0.2, 0) is 6.42 Å². The van der Waals surface area contributed by atoms with Crippen molar-refractivity contribution in [3.63, 3.8) is 0 Å². The molecule has 0 heterocycles. The van der Waals surface area contributed by atoms with Crippen molar-refractivity contribution in [2.75, 3.05) is 5.73 Å². The van der Waals surface area contributed by atoms with Crippen molar-refractivity contribution in [2.45, 2.75) is 19.8 Å². The van der Waals surface area contributed by atoms with E-state index >= 15 is 0 Å². The molecule has 0 atom stereocenters. The van der Waals surface area contributed by atoms with Crippen LogP contribution in [-0.4, -0.2) is 0 Å². The van der Waals surface area contributed by atoms with Gasteiger partial charge >= 0.3 is 0 Å². The Labute approximate surface area is 102 Å². The third kappa shape index (κ3) is 2.78. The predicted molar refractivity (Wildman–Crippen MR) is 71.4 cm³/mol. The van der Waals surface area contributed by atoms with Crippen LogP contribution in [0.3, 0.4) is 0 Å². The summed E-state index contributed by atoms with van der Waals surface area (Å²) in [7, 11) is 0. The highest BCUT2D eigenvalue weighted by molar-refractivity contribution is 5.58. The number of aryl methyl sites for hydroxylation is 1. The number of hydrogen-bond donors (Lipinski definition) is 1. The van der Waals surface area contributed by atoms with Crippen LogP contribution < -0.4 is 10.5 Å². The van der Waals surface area contributed by atoms with Gasteiger partial charge in [-0.15, -0.1) is 0 Å². The van der Waals surface area contributed by atoms with Crippen molar-refractivity contribution in [1.82, 2.24) is 0 Å². The maximum Gasteiger partial charge on any atom is 0.153 e. The Bertz CT molecular complexity index is 480. The Morgan fingerprint density at radius 3 is 2.47 bits per heavy atom. The highest BCUT2D eigenvalue weighted by Gasteiger charge is 2.07. The molecule has 0 bridgehead atoms. The average molecular weight is 227 g/mol. The molecule has 0 aliphatic heterocycles. The van der Waals surface area contributed by atoms with Crippen molar-refractivity contribution in [2.24, 2.45) is 0 Å². The standard InChI is InChI=1S/C15H17NO/c1-2-7-12-8-6-11-14(16)15(12)17-13-9-4-3-5-10-13/h3-6,8-11H,2,7,16H2,1H3. The van der Waals surface area contributed by atoms with Crippen molar-refractivity contribution >= 4 is 5.69 Å². The van der Waals surface area contributed by atoms with Gasteiger partial charge in [0.2, 0.25) is 0 Å². The summed E-state index contributed by atoms with van der Waals surface area (Å²) < 4.78 is 5.87. The molecule has 0 unspecified atom stereocenters. The first-order valence-corrected chi connectivity index (χ1v) is 5.91. The Morgan fingerprint density at radius 1 is 1.00 bits per heavy atom. The summed E-state index contributed by atoms with van der Waals surface area (Å²) in [4.78, 5) is 0. The van der Waals surface area contributed by atoms with Crippen LogP contribution in [0.4, 0.5) is 5.69 Å². The minimum atomic E-state index is 0.694. The lowest BCUT2D eigenvalue weighted by atomic mass is 10.1. The molecule has 2 rings (SSSR count). The van der Waals surface area contributed by atoms with E-state index in [4.69, 9.17) is 10.5 Å². The van der Waals surface area contributed by atoms with Gasteiger partial charge in [0.15, 0.2) is 5.75 Å². The summed E-state index contributed by atoms with van der Waals surface area (Å²) in [6.45, 7) is 2.15. The van der Waals surface area contributed by atoms with Gasteiger partial charge in [-0.2, -0.15) is 0 Å². The fourth-order valence-corrected chi connectivity index (χ4v) is 1.80. The molecule has 17 heavy (non-hydrogen) atoms. The van der Waals surface area contributed by atoms with Crippen LogP contribution in [0.15, 0.2) is 48.5 Å². The molecular weight excluding hydrogens is 210 g/mol. The van der Waals surface area contributed by atoms with Crippen LogP contribution in [0.2, 0.25) is 0 Å². The molecule has 0 amide bonds. The minimum Gasteiger partial charge on any atom is -0.455 e. The van der Waals surface area contributed by atoms with Crippen molar-refractivity contribution in [3.05, 3.63) is 54.1 Å². The molecule has 0 aliphatic carbocycles. The number of anilines is 1. The highest BCUT2D eigenvalue weighted by atomic mass is 16.5. The molecule has 2 N–H and O–H groups in total. The maximum atomic E-state index is 5.97. The number of rotatable bonds is 4. The fourth-order valence-electron chi connectivity index (χ4n) is 1.80. The zero-order chi connectivity index (χ0) is 12.1. The Hall–Kier alpha value is -1.96. The summed E-state index contributed by atoms with van der Waals surface area (Å²) >= 11 is 0. The van der Waals surface area contributed by atoms with E-state index in [1.807, 2.05) is 42.5 Å². The highest BCUT2D eigenvalue weighted by Crippen LogP contribution is 2.31. The van der Waals surface area contributed by atoms with E-state index in [0.29, 0.717) is 5.69 Å². The topological polar surface area (TPSA) is 35.2 Å². The van der Waals surface area contributed by atoms with Gasteiger partial charge < -0.3 is 10.5 Å². The number of ether oxygens (including phenoxy) is 1. The molecule has 0 saturated carbocycles. The van der Waals surface area contributed by atoms with Crippen molar-refractivity contribution < 1.29 is 4.74 Å². The Morgan fingerprint density at radius 2 is 1.76 bits per heavy atom. The van der Waals surface area contributed by atoms with Crippen molar-refractivity contribution in [3.8, 4) is 11.5 Å². The summed E-state index contributed by atoms with van der Waals surface area (Å²) in [5.74, 6) is 1.61. The lowest BCUT2D eigenvalue weighted by molar-refractivity contribution is 0.478. The molecule has 0 radical (unpaired) electrons. The molecular formula is C15H17NO. The van der Waals surface area contributed by atoms with E-state index in [0.717, 1.165) is 29.9 Å². The second-order valence-electron chi connectivity index (χ2n) is 4.00.